The van der Waals surface area contributed by atoms with Gasteiger partial charge in [-0.05, 0) is 97.8 Å². The summed E-state index contributed by atoms with van der Waals surface area (Å²) in [6.07, 6.45) is 2.07. The molecule has 0 aromatic heterocycles. The second-order valence-corrected chi connectivity index (χ2v) is 37.5. The molecular weight excluding hydrogens is 675 g/mol. The molecule has 0 rings (SSSR count). The number of carbonyl (C=O) groups excluding carboxylic acids is 1. The van der Waals surface area contributed by atoms with Gasteiger partial charge < -0.3 is 43.1 Å². The van der Waals surface area contributed by atoms with Crippen molar-refractivity contribution >= 4 is 58.2 Å². The predicted molar refractivity (Wildman–Crippen MR) is 201 cm³/mol. The van der Waals surface area contributed by atoms with Crippen molar-refractivity contribution in [2.45, 2.75) is 140 Å². The standard InChI is InChI=1S/C29H69NO9Si6/c1-42(2,3)36-28(37-43(4,5)6)40-19-13-17-34-22-25(31)16-15-24(27(30)33)21-26(32)23-35-18-14-20-41-29(38-44(7,8)9)39-45(10,11)12/h15,25-26,28-29,31-32H,13-14,16-23,40-41H2,1-12H3,(H2,30,33). The summed E-state index contributed by atoms with van der Waals surface area (Å²) in [5, 5.41) is 20.8. The largest absolute Gasteiger partial charge is 0.398 e. The summed E-state index contributed by atoms with van der Waals surface area (Å²) in [6.45, 7) is 27.6. The molecule has 10 nitrogen and oxygen atoms in total. The quantitative estimate of drug-likeness (QED) is 0.0496. The number of nitrogens with two attached hydrogens (primary N) is 1. The Balaban J connectivity index is 4.39. The highest BCUT2D eigenvalue weighted by Gasteiger charge is 2.28. The molecule has 0 saturated heterocycles. The smallest absolute Gasteiger partial charge is 0.244 e. The Morgan fingerprint density at radius 1 is 0.667 bits per heavy atom. The van der Waals surface area contributed by atoms with Crippen LogP contribution in [-0.2, 0) is 32.0 Å². The molecule has 0 saturated carbocycles. The number of hydrogen-bond donors (Lipinski definition) is 3. The first kappa shape index (κ1) is 45.2. The highest BCUT2D eigenvalue weighted by atomic mass is 28.4. The number of aliphatic hydroxyl groups excluding tert-OH is 2. The number of primary amides is 1. The van der Waals surface area contributed by atoms with Gasteiger partial charge in [0.1, 0.15) is 11.8 Å². The molecule has 0 heterocycles. The molecule has 0 aliphatic carbocycles. The highest BCUT2D eigenvalue weighted by molar-refractivity contribution is 6.72. The van der Waals surface area contributed by atoms with Crippen molar-refractivity contribution in [3.8, 4) is 0 Å². The molecule has 4 N–H and O–H groups in total. The summed E-state index contributed by atoms with van der Waals surface area (Å²) in [5.74, 6) is -0.678. The molecule has 2 unspecified atom stereocenters. The summed E-state index contributed by atoms with van der Waals surface area (Å²) < 4.78 is 36.5. The topological polar surface area (TPSA) is 139 Å². The molecule has 0 aliphatic rings. The van der Waals surface area contributed by atoms with Crippen LogP contribution in [0.2, 0.25) is 90.7 Å². The van der Waals surface area contributed by atoms with E-state index >= 15 is 0 Å². The Labute approximate surface area is 283 Å². The minimum Gasteiger partial charge on any atom is -0.398 e. The molecule has 1 amide bonds. The molecule has 0 spiro atoms. The van der Waals surface area contributed by atoms with Crippen LogP contribution in [0, 0.1) is 0 Å². The van der Waals surface area contributed by atoms with Crippen molar-refractivity contribution in [1.82, 2.24) is 0 Å². The molecular formula is C29H69NO9Si6. The Morgan fingerprint density at radius 2 is 1.02 bits per heavy atom. The Morgan fingerprint density at radius 3 is 1.36 bits per heavy atom. The second kappa shape index (κ2) is 22.0. The third kappa shape index (κ3) is 30.0. The molecule has 45 heavy (non-hydrogen) atoms. The van der Waals surface area contributed by atoms with Crippen LogP contribution in [0.5, 0.6) is 0 Å². The second-order valence-electron chi connectivity index (χ2n) is 15.8. The molecule has 2 atom stereocenters. The fraction of sp³-hybridized carbons (Fsp3) is 0.897. The van der Waals surface area contributed by atoms with Crippen molar-refractivity contribution in [1.29, 1.82) is 0 Å². The lowest BCUT2D eigenvalue weighted by atomic mass is 10.1. The molecule has 0 aromatic carbocycles. The highest BCUT2D eigenvalue weighted by Crippen LogP contribution is 2.16. The van der Waals surface area contributed by atoms with Crippen LogP contribution in [0.15, 0.2) is 11.6 Å². The van der Waals surface area contributed by atoms with E-state index in [1.54, 1.807) is 6.08 Å². The summed E-state index contributed by atoms with van der Waals surface area (Å²) in [6, 6.07) is 2.08. The number of amides is 1. The lowest BCUT2D eigenvalue weighted by molar-refractivity contribution is -0.115. The maximum atomic E-state index is 11.9. The zero-order valence-corrected chi connectivity index (χ0v) is 37.5. The molecule has 0 bridgehead atoms. The van der Waals surface area contributed by atoms with E-state index in [1.807, 2.05) is 0 Å². The Hall–Kier alpha value is 0.191. The van der Waals surface area contributed by atoms with Gasteiger partial charge in [0, 0.05) is 25.2 Å². The van der Waals surface area contributed by atoms with Gasteiger partial charge in [0.2, 0.25) is 5.91 Å². The molecule has 0 fully saturated rings. The summed E-state index contributed by atoms with van der Waals surface area (Å²) in [4.78, 5) is 11.9. The summed E-state index contributed by atoms with van der Waals surface area (Å²) in [7, 11) is -7.85. The first-order chi connectivity index (χ1) is 20.5. The minimum absolute atomic E-state index is 0.0316. The average molecular weight is 744 g/mol. The van der Waals surface area contributed by atoms with Gasteiger partial charge in [0.25, 0.3) is 0 Å². The third-order valence-electron chi connectivity index (χ3n) is 5.93. The third-order valence-corrected chi connectivity index (χ3v) is 14.6. The molecule has 0 radical (unpaired) electrons. The van der Waals surface area contributed by atoms with Gasteiger partial charge >= 0.3 is 0 Å². The normalized spacial score (nSPS) is 15.8. The van der Waals surface area contributed by atoms with E-state index in [-0.39, 0.29) is 43.5 Å². The monoisotopic (exact) mass is 743 g/mol. The molecule has 0 aromatic rings. The number of hydrogen-bond acceptors (Lipinski definition) is 9. The summed E-state index contributed by atoms with van der Waals surface area (Å²) >= 11 is 0. The van der Waals surface area contributed by atoms with Crippen LogP contribution in [0.4, 0.5) is 0 Å². The van der Waals surface area contributed by atoms with Gasteiger partial charge in [-0.3, -0.25) is 4.79 Å². The van der Waals surface area contributed by atoms with Gasteiger partial charge in [-0.25, -0.2) is 0 Å². The van der Waals surface area contributed by atoms with E-state index in [1.165, 1.54) is 0 Å². The van der Waals surface area contributed by atoms with Crippen molar-refractivity contribution < 1.29 is 42.2 Å². The van der Waals surface area contributed by atoms with Gasteiger partial charge in [0.15, 0.2) is 33.3 Å². The Kier molecular flexibility index (Phi) is 22.1. The van der Waals surface area contributed by atoms with Gasteiger partial charge in [-0.15, -0.1) is 0 Å². The number of carbonyl (C=O) groups is 1. The SMILES string of the molecule is C[Si](C)(C)OC(O[Si](C)(C)C)[SiH2]CCCOCC(O)CC=C(CC(O)COCCC[SiH2]C(O[Si](C)(C)C)O[Si](C)(C)C)C(N)=O. The van der Waals surface area contributed by atoms with Gasteiger partial charge in [0.05, 0.1) is 44.5 Å². The predicted octanol–water partition coefficient (Wildman–Crippen LogP) is 3.86. The Bertz CT molecular complexity index is 810. The maximum Gasteiger partial charge on any atom is 0.244 e. The summed E-state index contributed by atoms with van der Waals surface area (Å²) in [5.41, 5.74) is 5.83. The molecule has 0 aliphatic heterocycles. The van der Waals surface area contributed by atoms with E-state index < -0.39 is 70.4 Å². The van der Waals surface area contributed by atoms with E-state index in [4.69, 9.17) is 32.9 Å². The van der Waals surface area contributed by atoms with Crippen molar-refractivity contribution in [2.75, 3.05) is 26.4 Å². The first-order valence-electron chi connectivity index (χ1n) is 16.7. The average Bonchev–Trinajstić information content (AvgIpc) is 2.81. The van der Waals surface area contributed by atoms with E-state index in [0.29, 0.717) is 13.2 Å². The van der Waals surface area contributed by atoms with Crippen molar-refractivity contribution in [2.24, 2.45) is 5.73 Å². The van der Waals surface area contributed by atoms with Crippen LogP contribution in [-0.4, -0.2) is 119 Å². The number of ether oxygens (including phenoxy) is 2. The molecule has 268 valence electrons. The van der Waals surface area contributed by atoms with Crippen LogP contribution < -0.4 is 5.73 Å². The van der Waals surface area contributed by atoms with Gasteiger partial charge in [-0.1, -0.05) is 18.2 Å². The zero-order chi connectivity index (χ0) is 34.9. The zero-order valence-electron chi connectivity index (χ0n) is 30.7. The maximum absolute atomic E-state index is 11.9. The van der Waals surface area contributed by atoms with Crippen LogP contribution in [0.1, 0.15) is 25.7 Å². The molecule has 16 heteroatoms. The first-order valence-corrected chi connectivity index (χ1v) is 33.9. The van der Waals surface area contributed by atoms with E-state index in [0.717, 1.165) is 24.9 Å². The van der Waals surface area contributed by atoms with Crippen LogP contribution >= 0.6 is 0 Å². The van der Waals surface area contributed by atoms with Crippen LogP contribution in [0.3, 0.4) is 0 Å². The minimum atomic E-state index is -1.68. The van der Waals surface area contributed by atoms with Crippen molar-refractivity contribution in [3.63, 3.8) is 0 Å². The fourth-order valence-electron chi connectivity index (χ4n) is 4.27. The van der Waals surface area contributed by atoms with E-state index in [2.05, 4.69) is 78.6 Å². The lowest BCUT2D eigenvalue weighted by Crippen LogP contribution is -2.43. The van der Waals surface area contributed by atoms with Gasteiger partial charge in [-0.2, -0.15) is 0 Å². The van der Waals surface area contributed by atoms with Crippen LogP contribution in [0.25, 0.3) is 0 Å². The van der Waals surface area contributed by atoms with Crippen molar-refractivity contribution in [3.05, 3.63) is 11.6 Å². The number of aliphatic hydroxyl groups is 2. The number of rotatable bonds is 27. The lowest BCUT2D eigenvalue weighted by Gasteiger charge is -2.31. The van der Waals surface area contributed by atoms with E-state index in [9.17, 15) is 15.0 Å². The fourth-order valence-corrected chi connectivity index (χ4v) is 17.4.